The van der Waals surface area contributed by atoms with Crippen molar-refractivity contribution in [3.05, 3.63) is 0 Å². The SMILES string of the molecule is CCN1CCCC(NC(=O)C2CNC2)C1.Cl. The zero-order chi connectivity index (χ0) is 10.7. The summed E-state index contributed by atoms with van der Waals surface area (Å²) in [6.07, 6.45) is 2.35. The molecule has 0 radical (unpaired) electrons. The van der Waals surface area contributed by atoms with Gasteiger partial charge in [-0.3, -0.25) is 4.79 Å². The second kappa shape index (κ2) is 6.42. The Morgan fingerprint density at radius 1 is 1.50 bits per heavy atom. The first-order valence-electron chi connectivity index (χ1n) is 6.03. The molecule has 2 N–H and O–H groups in total. The molecule has 1 atom stereocenters. The molecule has 2 aliphatic heterocycles. The molecule has 2 aliphatic rings. The van der Waals surface area contributed by atoms with Crippen LogP contribution >= 0.6 is 12.4 Å². The number of carbonyl (C=O) groups excluding carboxylic acids is 1. The summed E-state index contributed by atoms with van der Waals surface area (Å²) in [6.45, 7) is 7.21. The third-order valence-corrected chi connectivity index (χ3v) is 3.45. The van der Waals surface area contributed by atoms with Gasteiger partial charge >= 0.3 is 0 Å². The summed E-state index contributed by atoms with van der Waals surface area (Å²) in [5, 5.41) is 6.29. The van der Waals surface area contributed by atoms with Crippen LogP contribution in [-0.4, -0.2) is 49.6 Å². The third-order valence-electron chi connectivity index (χ3n) is 3.45. The summed E-state index contributed by atoms with van der Waals surface area (Å²) in [6, 6.07) is 0.381. The Labute approximate surface area is 104 Å². The number of likely N-dealkylation sites (tertiary alicyclic amines) is 1. The van der Waals surface area contributed by atoms with Gasteiger partial charge in [0, 0.05) is 25.7 Å². The average molecular weight is 248 g/mol. The standard InChI is InChI=1S/C11H21N3O.ClH/c1-2-14-5-3-4-10(8-14)13-11(15)9-6-12-7-9;/h9-10,12H,2-8H2,1H3,(H,13,15);1H. The van der Waals surface area contributed by atoms with Gasteiger partial charge in [0.1, 0.15) is 0 Å². The van der Waals surface area contributed by atoms with Crippen molar-refractivity contribution >= 4 is 18.3 Å². The zero-order valence-electron chi connectivity index (χ0n) is 9.87. The van der Waals surface area contributed by atoms with Crippen LogP contribution in [0.15, 0.2) is 0 Å². The average Bonchev–Trinajstić information content (AvgIpc) is 2.15. The van der Waals surface area contributed by atoms with Gasteiger partial charge in [-0.1, -0.05) is 6.92 Å². The molecule has 2 heterocycles. The molecule has 94 valence electrons. The van der Waals surface area contributed by atoms with Gasteiger partial charge in [0.25, 0.3) is 0 Å². The van der Waals surface area contributed by atoms with Crippen molar-refractivity contribution in [2.24, 2.45) is 5.92 Å². The Bertz CT molecular complexity index is 233. The Kier molecular flexibility index (Phi) is 5.52. The van der Waals surface area contributed by atoms with E-state index in [1.807, 2.05) is 0 Å². The summed E-state index contributed by atoms with van der Waals surface area (Å²) in [5.41, 5.74) is 0. The van der Waals surface area contributed by atoms with Crippen molar-refractivity contribution in [1.82, 2.24) is 15.5 Å². The Balaban J connectivity index is 0.00000128. The van der Waals surface area contributed by atoms with E-state index in [9.17, 15) is 4.79 Å². The predicted octanol–water partition coefficient (Wildman–Crippen LogP) is 0.228. The van der Waals surface area contributed by atoms with E-state index >= 15 is 0 Å². The van der Waals surface area contributed by atoms with Crippen LogP contribution < -0.4 is 10.6 Å². The molecule has 1 amide bonds. The molecule has 0 aromatic rings. The molecule has 2 saturated heterocycles. The molecular weight excluding hydrogens is 226 g/mol. The minimum atomic E-state index is 0. The first-order chi connectivity index (χ1) is 7.29. The lowest BCUT2D eigenvalue weighted by molar-refractivity contribution is -0.127. The number of hydrogen-bond donors (Lipinski definition) is 2. The topological polar surface area (TPSA) is 44.4 Å². The molecular formula is C11H22ClN3O. The molecule has 0 spiro atoms. The molecule has 0 bridgehead atoms. The maximum absolute atomic E-state index is 11.7. The van der Waals surface area contributed by atoms with Gasteiger partial charge in [-0.15, -0.1) is 12.4 Å². The van der Waals surface area contributed by atoms with E-state index in [1.54, 1.807) is 0 Å². The van der Waals surface area contributed by atoms with Gasteiger partial charge in [0.15, 0.2) is 0 Å². The lowest BCUT2D eigenvalue weighted by Crippen LogP contribution is -2.55. The second-order valence-corrected chi connectivity index (χ2v) is 4.60. The van der Waals surface area contributed by atoms with Gasteiger partial charge in [0.2, 0.25) is 5.91 Å². The number of carbonyl (C=O) groups is 1. The van der Waals surface area contributed by atoms with Crippen LogP contribution in [-0.2, 0) is 4.79 Å². The van der Waals surface area contributed by atoms with Gasteiger partial charge in [-0.2, -0.15) is 0 Å². The number of hydrogen-bond acceptors (Lipinski definition) is 3. The van der Waals surface area contributed by atoms with Crippen molar-refractivity contribution < 1.29 is 4.79 Å². The van der Waals surface area contributed by atoms with E-state index in [-0.39, 0.29) is 24.2 Å². The number of halogens is 1. The zero-order valence-corrected chi connectivity index (χ0v) is 10.7. The van der Waals surface area contributed by atoms with Crippen LogP contribution in [0.2, 0.25) is 0 Å². The van der Waals surface area contributed by atoms with Crippen LogP contribution in [0.25, 0.3) is 0 Å². The highest BCUT2D eigenvalue weighted by molar-refractivity contribution is 5.85. The predicted molar refractivity (Wildman–Crippen MR) is 66.9 cm³/mol. The largest absolute Gasteiger partial charge is 0.352 e. The fourth-order valence-corrected chi connectivity index (χ4v) is 2.25. The molecule has 0 aromatic carbocycles. The summed E-state index contributed by atoms with van der Waals surface area (Å²) in [7, 11) is 0. The molecule has 4 nitrogen and oxygen atoms in total. The first-order valence-corrected chi connectivity index (χ1v) is 6.03. The maximum atomic E-state index is 11.7. The molecule has 0 saturated carbocycles. The summed E-state index contributed by atoms with van der Waals surface area (Å²) >= 11 is 0. The highest BCUT2D eigenvalue weighted by Gasteiger charge is 2.28. The van der Waals surface area contributed by atoms with Crippen LogP contribution in [0.4, 0.5) is 0 Å². The van der Waals surface area contributed by atoms with E-state index in [1.165, 1.54) is 13.0 Å². The number of nitrogens with zero attached hydrogens (tertiary/aromatic N) is 1. The Morgan fingerprint density at radius 3 is 2.81 bits per heavy atom. The van der Waals surface area contributed by atoms with E-state index < -0.39 is 0 Å². The molecule has 16 heavy (non-hydrogen) atoms. The van der Waals surface area contributed by atoms with Crippen molar-refractivity contribution in [2.75, 3.05) is 32.7 Å². The highest BCUT2D eigenvalue weighted by Crippen LogP contribution is 2.11. The molecule has 1 unspecified atom stereocenters. The Morgan fingerprint density at radius 2 is 2.25 bits per heavy atom. The highest BCUT2D eigenvalue weighted by atomic mass is 35.5. The fourth-order valence-electron chi connectivity index (χ4n) is 2.25. The van der Waals surface area contributed by atoms with Gasteiger partial charge in [-0.25, -0.2) is 0 Å². The van der Waals surface area contributed by atoms with E-state index in [4.69, 9.17) is 0 Å². The van der Waals surface area contributed by atoms with Crippen LogP contribution in [0.3, 0.4) is 0 Å². The number of rotatable bonds is 3. The number of piperidine rings is 1. The summed E-state index contributed by atoms with van der Waals surface area (Å²) in [5.74, 6) is 0.471. The minimum Gasteiger partial charge on any atom is -0.352 e. The normalized spacial score (nSPS) is 26.7. The lowest BCUT2D eigenvalue weighted by atomic mass is 10.00. The minimum absolute atomic E-state index is 0. The van der Waals surface area contributed by atoms with E-state index in [2.05, 4.69) is 22.5 Å². The van der Waals surface area contributed by atoms with E-state index in [0.29, 0.717) is 6.04 Å². The smallest absolute Gasteiger partial charge is 0.225 e. The molecule has 0 aromatic heterocycles. The summed E-state index contributed by atoms with van der Waals surface area (Å²) in [4.78, 5) is 14.1. The molecule has 5 heteroatoms. The lowest BCUT2D eigenvalue weighted by Gasteiger charge is -2.34. The summed E-state index contributed by atoms with van der Waals surface area (Å²) < 4.78 is 0. The van der Waals surface area contributed by atoms with E-state index in [0.717, 1.165) is 32.6 Å². The van der Waals surface area contributed by atoms with Crippen molar-refractivity contribution in [3.8, 4) is 0 Å². The number of nitrogens with one attached hydrogen (secondary N) is 2. The quantitative estimate of drug-likeness (QED) is 0.751. The fraction of sp³-hybridized carbons (Fsp3) is 0.909. The van der Waals surface area contributed by atoms with Crippen LogP contribution in [0, 0.1) is 5.92 Å². The molecule has 0 aliphatic carbocycles. The van der Waals surface area contributed by atoms with Gasteiger partial charge < -0.3 is 15.5 Å². The monoisotopic (exact) mass is 247 g/mol. The van der Waals surface area contributed by atoms with Crippen molar-refractivity contribution in [1.29, 1.82) is 0 Å². The van der Waals surface area contributed by atoms with Crippen molar-refractivity contribution in [3.63, 3.8) is 0 Å². The second-order valence-electron chi connectivity index (χ2n) is 4.60. The van der Waals surface area contributed by atoms with Gasteiger partial charge in [-0.05, 0) is 25.9 Å². The number of likely N-dealkylation sites (N-methyl/N-ethyl adjacent to an activating group) is 1. The van der Waals surface area contributed by atoms with Crippen LogP contribution in [0.1, 0.15) is 19.8 Å². The van der Waals surface area contributed by atoms with Crippen LogP contribution in [0.5, 0.6) is 0 Å². The number of amides is 1. The molecule has 2 fully saturated rings. The third kappa shape index (κ3) is 3.34. The first kappa shape index (κ1) is 13.7. The van der Waals surface area contributed by atoms with Crippen molar-refractivity contribution in [2.45, 2.75) is 25.8 Å². The maximum Gasteiger partial charge on any atom is 0.225 e. The molecule has 2 rings (SSSR count). The Hall–Kier alpha value is -0.320. The van der Waals surface area contributed by atoms with Gasteiger partial charge in [0.05, 0.1) is 5.92 Å².